The van der Waals surface area contributed by atoms with E-state index in [1.807, 2.05) is 38.1 Å². The highest BCUT2D eigenvalue weighted by Crippen LogP contribution is 2.36. The molecule has 2 aromatic heterocycles. The van der Waals surface area contributed by atoms with Gasteiger partial charge in [0.2, 0.25) is 0 Å². The van der Waals surface area contributed by atoms with Crippen molar-refractivity contribution in [3.05, 3.63) is 45.8 Å². The fraction of sp³-hybridized carbons (Fsp3) is 0.278. The van der Waals surface area contributed by atoms with Crippen LogP contribution in [0.25, 0.3) is 21.3 Å². The largest absolute Gasteiger partial charge is 0.548 e. The summed E-state index contributed by atoms with van der Waals surface area (Å²) in [5.41, 5.74) is 1.26. The van der Waals surface area contributed by atoms with Crippen LogP contribution in [0.1, 0.15) is 24.8 Å². The molecule has 0 bridgehead atoms. The molecule has 0 unspecified atom stereocenters. The predicted octanol–water partition coefficient (Wildman–Crippen LogP) is 2.14. The molecular weight excluding hydrogens is 340 g/mol. The number of hydrogen-bond donors (Lipinski definition) is 0. The van der Waals surface area contributed by atoms with Gasteiger partial charge in [0.25, 0.3) is 5.56 Å². The molecule has 2 heterocycles. The van der Waals surface area contributed by atoms with Crippen molar-refractivity contribution in [3.8, 4) is 16.9 Å². The van der Waals surface area contributed by atoms with E-state index in [9.17, 15) is 14.7 Å². The number of hydrogen-bond acceptors (Lipinski definition) is 6. The Morgan fingerprint density at radius 3 is 2.64 bits per heavy atom. The molecule has 0 saturated heterocycles. The summed E-state index contributed by atoms with van der Waals surface area (Å²) in [7, 11) is 0. The van der Waals surface area contributed by atoms with Crippen LogP contribution in [-0.2, 0) is 4.79 Å². The molecule has 7 heteroatoms. The molecule has 0 aliphatic heterocycles. The highest BCUT2D eigenvalue weighted by molar-refractivity contribution is 7.19. The third-order valence-corrected chi connectivity index (χ3v) is 5.04. The number of carboxylic acids is 1. The number of ether oxygens (including phenoxy) is 1. The highest BCUT2D eigenvalue weighted by atomic mass is 32.1. The minimum absolute atomic E-state index is 0.380. The second kappa shape index (κ2) is 6.68. The van der Waals surface area contributed by atoms with Crippen molar-refractivity contribution < 1.29 is 14.6 Å². The number of fused-ring (bicyclic) bond motifs is 1. The van der Waals surface area contributed by atoms with Gasteiger partial charge in [-0.25, -0.2) is 4.98 Å². The van der Waals surface area contributed by atoms with Gasteiger partial charge in [-0.1, -0.05) is 12.1 Å². The Bertz CT molecular complexity index is 989. The van der Waals surface area contributed by atoms with E-state index in [0.717, 1.165) is 26.3 Å². The van der Waals surface area contributed by atoms with Crippen LogP contribution in [0.15, 0.2) is 35.4 Å². The van der Waals surface area contributed by atoms with Crippen molar-refractivity contribution in [1.29, 1.82) is 0 Å². The number of carbonyl (C=O) groups is 1. The standard InChI is InChI=1S/C18H18N2O4S/c1-4-24-13-7-5-12(6-8-13)14-11(3)25-16-15(14)17(21)20(9-19-16)10(2)18(22)23/h5-10H,4H2,1-3H3,(H,22,23)/p-1/t10-/m1/s1. The molecule has 1 aromatic carbocycles. The van der Waals surface area contributed by atoms with Crippen LogP contribution >= 0.6 is 11.3 Å². The zero-order chi connectivity index (χ0) is 18.1. The van der Waals surface area contributed by atoms with Gasteiger partial charge in [-0.15, -0.1) is 11.3 Å². The third kappa shape index (κ3) is 3.02. The normalized spacial score (nSPS) is 12.3. The molecule has 1 atom stereocenters. The van der Waals surface area contributed by atoms with E-state index < -0.39 is 12.0 Å². The van der Waals surface area contributed by atoms with Crippen LogP contribution in [0.5, 0.6) is 5.75 Å². The van der Waals surface area contributed by atoms with Crippen LogP contribution in [0.3, 0.4) is 0 Å². The number of carboxylic acid groups (broad SMARTS) is 1. The average Bonchev–Trinajstić information content (AvgIpc) is 2.92. The number of aliphatic carboxylic acids is 1. The summed E-state index contributed by atoms with van der Waals surface area (Å²) in [5, 5.41) is 11.6. The number of aromatic nitrogens is 2. The van der Waals surface area contributed by atoms with E-state index in [-0.39, 0.29) is 5.56 Å². The summed E-state index contributed by atoms with van der Waals surface area (Å²) in [5.74, 6) is -0.567. The average molecular weight is 357 g/mol. The Morgan fingerprint density at radius 2 is 2.04 bits per heavy atom. The minimum atomic E-state index is -1.32. The molecule has 0 fully saturated rings. The van der Waals surface area contributed by atoms with Gasteiger partial charge in [-0.05, 0) is 38.5 Å². The van der Waals surface area contributed by atoms with Gasteiger partial charge in [0.15, 0.2) is 0 Å². The molecule has 3 aromatic rings. The molecule has 25 heavy (non-hydrogen) atoms. The van der Waals surface area contributed by atoms with Crippen molar-refractivity contribution in [2.45, 2.75) is 26.8 Å². The molecular formula is C18H17N2O4S-. The number of rotatable bonds is 5. The topological polar surface area (TPSA) is 84.2 Å². The van der Waals surface area contributed by atoms with Crippen molar-refractivity contribution in [2.24, 2.45) is 0 Å². The zero-order valence-electron chi connectivity index (χ0n) is 14.1. The van der Waals surface area contributed by atoms with E-state index in [4.69, 9.17) is 4.74 Å². The first-order chi connectivity index (χ1) is 11.9. The van der Waals surface area contributed by atoms with E-state index in [1.54, 1.807) is 0 Å². The SMILES string of the molecule is CCOc1ccc(-c2c(C)sc3ncn([C@H](C)C(=O)[O-])c(=O)c23)cc1. The van der Waals surface area contributed by atoms with E-state index in [0.29, 0.717) is 16.8 Å². The van der Waals surface area contributed by atoms with Crippen LogP contribution in [0, 0.1) is 6.92 Å². The lowest BCUT2D eigenvalue weighted by atomic mass is 10.0. The van der Waals surface area contributed by atoms with Gasteiger partial charge in [0, 0.05) is 10.4 Å². The predicted molar refractivity (Wildman–Crippen MR) is 94.9 cm³/mol. The second-order valence-corrected chi connectivity index (χ2v) is 6.83. The molecule has 0 amide bonds. The van der Waals surface area contributed by atoms with Crippen molar-refractivity contribution in [2.75, 3.05) is 6.61 Å². The number of carbonyl (C=O) groups excluding carboxylic acids is 1. The van der Waals surface area contributed by atoms with Crippen molar-refractivity contribution in [1.82, 2.24) is 9.55 Å². The van der Waals surface area contributed by atoms with E-state index >= 15 is 0 Å². The van der Waals surface area contributed by atoms with Gasteiger partial charge in [0.05, 0.1) is 30.3 Å². The third-order valence-electron chi connectivity index (χ3n) is 4.03. The summed E-state index contributed by atoms with van der Waals surface area (Å²) in [6.45, 7) is 5.82. The van der Waals surface area contributed by atoms with Crippen LogP contribution in [0.4, 0.5) is 0 Å². The number of thiophene rings is 1. The Balaban J connectivity index is 2.21. The van der Waals surface area contributed by atoms with Gasteiger partial charge in [-0.3, -0.25) is 9.36 Å². The first-order valence-electron chi connectivity index (χ1n) is 7.88. The molecule has 0 aliphatic carbocycles. The van der Waals surface area contributed by atoms with Crippen LogP contribution < -0.4 is 15.4 Å². The van der Waals surface area contributed by atoms with Gasteiger partial charge < -0.3 is 14.6 Å². The summed E-state index contributed by atoms with van der Waals surface area (Å²) < 4.78 is 6.55. The Kier molecular flexibility index (Phi) is 4.59. The smallest absolute Gasteiger partial charge is 0.263 e. The van der Waals surface area contributed by atoms with Crippen molar-refractivity contribution in [3.63, 3.8) is 0 Å². The fourth-order valence-corrected chi connectivity index (χ4v) is 3.74. The van der Waals surface area contributed by atoms with Gasteiger partial charge >= 0.3 is 0 Å². The maximum absolute atomic E-state index is 12.9. The maximum Gasteiger partial charge on any atom is 0.263 e. The first-order valence-corrected chi connectivity index (χ1v) is 8.70. The number of benzene rings is 1. The lowest BCUT2D eigenvalue weighted by Gasteiger charge is -2.15. The zero-order valence-corrected chi connectivity index (χ0v) is 14.9. The molecule has 6 nitrogen and oxygen atoms in total. The van der Waals surface area contributed by atoms with Gasteiger partial charge in [0.1, 0.15) is 10.6 Å². The second-order valence-electron chi connectivity index (χ2n) is 5.62. The lowest BCUT2D eigenvalue weighted by molar-refractivity contribution is -0.309. The van der Waals surface area contributed by atoms with Crippen LogP contribution in [-0.4, -0.2) is 22.1 Å². The molecule has 130 valence electrons. The van der Waals surface area contributed by atoms with Crippen LogP contribution in [0.2, 0.25) is 0 Å². The monoisotopic (exact) mass is 357 g/mol. The molecule has 3 rings (SSSR count). The lowest BCUT2D eigenvalue weighted by Crippen LogP contribution is -2.36. The minimum Gasteiger partial charge on any atom is -0.548 e. The first kappa shape index (κ1) is 17.2. The molecule has 0 radical (unpaired) electrons. The fourth-order valence-electron chi connectivity index (χ4n) is 2.74. The molecule has 0 spiro atoms. The number of nitrogens with zero attached hydrogens (tertiary/aromatic N) is 2. The quantitative estimate of drug-likeness (QED) is 0.698. The van der Waals surface area contributed by atoms with E-state index in [1.165, 1.54) is 24.6 Å². The summed E-state index contributed by atoms with van der Waals surface area (Å²) in [4.78, 5) is 29.8. The molecule has 0 saturated carbocycles. The Hall–Kier alpha value is -2.67. The Labute approximate surface area is 148 Å². The highest BCUT2D eigenvalue weighted by Gasteiger charge is 2.19. The van der Waals surface area contributed by atoms with Crippen molar-refractivity contribution >= 4 is 27.5 Å². The van der Waals surface area contributed by atoms with Gasteiger partial charge in [-0.2, -0.15) is 0 Å². The summed E-state index contributed by atoms with van der Waals surface area (Å²) in [6.07, 6.45) is 1.27. The maximum atomic E-state index is 12.9. The van der Waals surface area contributed by atoms with E-state index in [2.05, 4.69) is 4.98 Å². The Morgan fingerprint density at radius 1 is 1.36 bits per heavy atom. The number of aryl methyl sites for hydroxylation is 1. The summed E-state index contributed by atoms with van der Waals surface area (Å²) in [6, 6.07) is 6.38. The molecule has 0 N–H and O–H groups in total. The summed E-state index contributed by atoms with van der Waals surface area (Å²) >= 11 is 1.41. The molecule has 0 aliphatic rings.